The van der Waals surface area contributed by atoms with Crippen molar-refractivity contribution in [1.29, 1.82) is 0 Å². The largest absolute Gasteiger partial charge is 0.303 e. The van der Waals surface area contributed by atoms with Crippen LogP contribution < -0.4 is 5.32 Å². The Kier molecular flexibility index (Phi) is 4.15. The summed E-state index contributed by atoms with van der Waals surface area (Å²) in [6.45, 7) is 2.74. The van der Waals surface area contributed by atoms with E-state index in [0.717, 1.165) is 20.9 Å². The maximum Gasteiger partial charge on any atom is 0.141 e. The quantitative estimate of drug-likeness (QED) is 0.911. The molecule has 4 nitrogen and oxygen atoms in total. The van der Waals surface area contributed by atoms with Crippen LogP contribution in [0.25, 0.3) is 0 Å². The molecule has 2 aromatic rings. The fourth-order valence-electron chi connectivity index (χ4n) is 1.46. The van der Waals surface area contributed by atoms with Crippen LogP contribution >= 0.6 is 27.5 Å². The van der Waals surface area contributed by atoms with Crippen LogP contribution in [-0.2, 0) is 6.54 Å². The Balaban J connectivity index is 2.00. The molecule has 0 spiro atoms. The van der Waals surface area contributed by atoms with E-state index in [1.54, 1.807) is 0 Å². The number of benzene rings is 1. The van der Waals surface area contributed by atoms with Crippen LogP contribution in [0.4, 0.5) is 0 Å². The van der Waals surface area contributed by atoms with Crippen LogP contribution in [0.2, 0.25) is 5.02 Å². The van der Waals surface area contributed by atoms with Gasteiger partial charge in [-0.25, -0.2) is 4.98 Å². The number of rotatable bonds is 4. The number of halogens is 2. The van der Waals surface area contributed by atoms with Gasteiger partial charge in [-0.3, -0.25) is 5.10 Å². The minimum Gasteiger partial charge on any atom is -0.303 e. The first kappa shape index (κ1) is 12.5. The summed E-state index contributed by atoms with van der Waals surface area (Å²) in [6.07, 6.45) is 1.50. The topological polar surface area (TPSA) is 53.6 Å². The van der Waals surface area contributed by atoms with E-state index in [1.807, 2.05) is 25.1 Å². The van der Waals surface area contributed by atoms with Crippen LogP contribution in [0, 0.1) is 0 Å². The van der Waals surface area contributed by atoms with Gasteiger partial charge < -0.3 is 5.32 Å². The lowest BCUT2D eigenvalue weighted by Gasteiger charge is -2.12. The van der Waals surface area contributed by atoms with E-state index in [-0.39, 0.29) is 6.04 Å². The molecular formula is C11H12BrClN4. The Bertz CT molecular complexity index is 486. The van der Waals surface area contributed by atoms with E-state index >= 15 is 0 Å². The van der Waals surface area contributed by atoms with E-state index in [4.69, 9.17) is 11.6 Å². The summed E-state index contributed by atoms with van der Waals surface area (Å²) in [4.78, 5) is 4.10. The van der Waals surface area contributed by atoms with Crippen molar-refractivity contribution >= 4 is 27.5 Å². The molecule has 0 aliphatic heterocycles. The van der Waals surface area contributed by atoms with E-state index in [9.17, 15) is 0 Å². The summed E-state index contributed by atoms with van der Waals surface area (Å²) in [5, 5.41) is 10.7. The molecule has 1 aromatic carbocycles. The van der Waals surface area contributed by atoms with Crippen molar-refractivity contribution in [2.24, 2.45) is 0 Å². The summed E-state index contributed by atoms with van der Waals surface area (Å²) < 4.78 is 1.04. The predicted octanol–water partition coefficient (Wildman–Crippen LogP) is 3.07. The standard InChI is InChI=1S/C11H12BrClN4/c1-7(11-15-6-16-17-11)14-5-8-4-9(13)2-3-10(8)12/h2-4,6-7,14H,5H2,1H3,(H,15,16,17). The molecule has 17 heavy (non-hydrogen) atoms. The Morgan fingerprint density at radius 2 is 2.35 bits per heavy atom. The zero-order valence-electron chi connectivity index (χ0n) is 9.24. The zero-order chi connectivity index (χ0) is 12.3. The summed E-state index contributed by atoms with van der Waals surface area (Å²) in [7, 11) is 0. The van der Waals surface area contributed by atoms with Gasteiger partial charge in [-0.2, -0.15) is 5.10 Å². The van der Waals surface area contributed by atoms with Crippen molar-refractivity contribution < 1.29 is 0 Å². The SMILES string of the molecule is CC(NCc1cc(Cl)ccc1Br)c1ncn[nH]1. The van der Waals surface area contributed by atoms with Crippen LogP contribution in [0.5, 0.6) is 0 Å². The molecule has 6 heteroatoms. The van der Waals surface area contributed by atoms with Crippen molar-refractivity contribution in [3.8, 4) is 0 Å². The van der Waals surface area contributed by atoms with Crippen LogP contribution in [-0.4, -0.2) is 15.2 Å². The molecular weight excluding hydrogens is 304 g/mol. The molecule has 0 saturated carbocycles. The first-order chi connectivity index (χ1) is 8.16. The third kappa shape index (κ3) is 3.28. The Labute approximate surface area is 113 Å². The van der Waals surface area contributed by atoms with Crippen molar-refractivity contribution in [3.05, 3.63) is 45.4 Å². The van der Waals surface area contributed by atoms with Gasteiger partial charge in [0.1, 0.15) is 12.2 Å². The average molecular weight is 316 g/mol. The van der Waals surface area contributed by atoms with Gasteiger partial charge in [0.25, 0.3) is 0 Å². The van der Waals surface area contributed by atoms with E-state index in [1.165, 1.54) is 6.33 Å². The third-order valence-electron chi connectivity index (χ3n) is 2.45. The fraction of sp³-hybridized carbons (Fsp3) is 0.273. The summed E-state index contributed by atoms with van der Waals surface area (Å²) in [6, 6.07) is 5.85. The Morgan fingerprint density at radius 1 is 1.53 bits per heavy atom. The minimum atomic E-state index is 0.114. The smallest absolute Gasteiger partial charge is 0.141 e. The first-order valence-corrected chi connectivity index (χ1v) is 6.36. The monoisotopic (exact) mass is 314 g/mol. The lowest BCUT2D eigenvalue weighted by atomic mass is 10.2. The second kappa shape index (κ2) is 5.62. The summed E-state index contributed by atoms with van der Waals surface area (Å²) in [5.41, 5.74) is 1.11. The molecule has 2 N–H and O–H groups in total. The Hall–Kier alpha value is -0.910. The Morgan fingerprint density at radius 3 is 3.06 bits per heavy atom. The van der Waals surface area contributed by atoms with Crippen molar-refractivity contribution in [2.45, 2.75) is 19.5 Å². The highest BCUT2D eigenvalue weighted by molar-refractivity contribution is 9.10. The van der Waals surface area contributed by atoms with Gasteiger partial charge in [0.05, 0.1) is 6.04 Å². The van der Waals surface area contributed by atoms with E-state index in [0.29, 0.717) is 6.54 Å². The first-order valence-electron chi connectivity index (χ1n) is 5.19. The fourth-order valence-corrected chi connectivity index (χ4v) is 2.04. The molecule has 0 aliphatic rings. The molecule has 0 radical (unpaired) electrons. The van der Waals surface area contributed by atoms with Gasteiger partial charge in [-0.05, 0) is 30.7 Å². The number of nitrogens with zero attached hydrogens (tertiary/aromatic N) is 2. The summed E-state index contributed by atoms with van der Waals surface area (Å²) in [5.74, 6) is 0.822. The molecule has 0 fully saturated rings. The van der Waals surface area contributed by atoms with E-state index < -0.39 is 0 Å². The lowest BCUT2D eigenvalue weighted by Crippen LogP contribution is -2.19. The molecule has 1 heterocycles. The number of hydrogen-bond donors (Lipinski definition) is 2. The molecule has 0 amide bonds. The van der Waals surface area contributed by atoms with Gasteiger partial charge in [0.15, 0.2) is 0 Å². The van der Waals surface area contributed by atoms with Crippen LogP contribution in [0.3, 0.4) is 0 Å². The second-order valence-corrected chi connectivity index (χ2v) is 5.00. The number of nitrogens with one attached hydrogen (secondary N) is 2. The van der Waals surface area contributed by atoms with Crippen molar-refractivity contribution in [1.82, 2.24) is 20.5 Å². The number of H-pyrrole nitrogens is 1. The lowest BCUT2D eigenvalue weighted by molar-refractivity contribution is 0.547. The van der Waals surface area contributed by atoms with Gasteiger partial charge in [0.2, 0.25) is 0 Å². The highest BCUT2D eigenvalue weighted by Crippen LogP contribution is 2.21. The predicted molar refractivity (Wildman–Crippen MR) is 70.8 cm³/mol. The number of hydrogen-bond acceptors (Lipinski definition) is 3. The zero-order valence-corrected chi connectivity index (χ0v) is 11.6. The maximum absolute atomic E-state index is 5.95. The highest BCUT2D eigenvalue weighted by Gasteiger charge is 2.08. The van der Waals surface area contributed by atoms with Gasteiger partial charge >= 0.3 is 0 Å². The number of aromatic nitrogens is 3. The van der Waals surface area contributed by atoms with Crippen molar-refractivity contribution in [2.75, 3.05) is 0 Å². The second-order valence-electron chi connectivity index (χ2n) is 3.71. The molecule has 1 unspecified atom stereocenters. The molecule has 0 saturated heterocycles. The third-order valence-corrected chi connectivity index (χ3v) is 3.46. The summed E-state index contributed by atoms with van der Waals surface area (Å²) >= 11 is 9.45. The van der Waals surface area contributed by atoms with Gasteiger partial charge in [-0.15, -0.1) is 0 Å². The van der Waals surface area contributed by atoms with Crippen LogP contribution in [0.15, 0.2) is 29.0 Å². The number of aromatic amines is 1. The molecule has 0 bridgehead atoms. The molecule has 1 atom stereocenters. The molecule has 2 rings (SSSR count). The highest BCUT2D eigenvalue weighted by atomic mass is 79.9. The normalized spacial score (nSPS) is 12.6. The van der Waals surface area contributed by atoms with Gasteiger partial charge in [-0.1, -0.05) is 27.5 Å². The van der Waals surface area contributed by atoms with Crippen LogP contribution in [0.1, 0.15) is 24.4 Å². The van der Waals surface area contributed by atoms with Gasteiger partial charge in [0, 0.05) is 16.0 Å². The average Bonchev–Trinajstić information content (AvgIpc) is 2.83. The van der Waals surface area contributed by atoms with Crippen molar-refractivity contribution in [3.63, 3.8) is 0 Å². The minimum absolute atomic E-state index is 0.114. The maximum atomic E-state index is 5.95. The van der Waals surface area contributed by atoms with E-state index in [2.05, 4.69) is 36.4 Å². The molecule has 0 aliphatic carbocycles. The molecule has 90 valence electrons. The molecule has 1 aromatic heterocycles.